The van der Waals surface area contributed by atoms with Crippen LogP contribution in [0, 0.1) is 13.8 Å². The summed E-state index contributed by atoms with van der Waals surface area (Å²) in [7, 11) is 1.64. The third kappa shape index (κ3) is 5.06. The molecule has 3 aromatic rings. The van der Waals surface area contributed by atoms with Crippen LogP contribution in [0.15, 0.2) is 42.9 Å². The van der Waals surface area contributed by atoms with E-state index in [-0.39, 0.29) is 5.91 Å². The quantitative estimate of drug-likeness (QED) is 0.581. The summed E-state index contributed by atoms with van der Waals surface area (Å²) in [6.07, 6.45) is 3.67. The highest BCUT2D eigenvalue weighted by Crippen LogP contribution is 2.18. The maximum absolute atomic E-state index is 12.1. The predicted molar refractivity (Wildman–Crippen MR) is 107 cm³/mol. The molecule has 8 heteroatoms. The summed E-state index contributed by atoms with van der Waals surface area (Å²) in [6, 6.07) is 9.48. The molecule has 0 bridgehead atoms. The third-order valence-corrected chi connectivity index (χ3v) is 4.19. The summed E-state index contributed by atoms with van der Waals surface area (Å²) < 4.78 is 6.93. The number of hydrogen-bond donors (Lipinski definition) is 2. The fourth-order valence-corrected chi connectivity index (χ4v) is 2.80. The number of rotatable bonds is 8. The van der Waals surface area contributed by atoms with Crippen molar-refractivity contribution in [3.8, 4) is 11.6 Å². The minimum absolute atomic E-state index is 0.0261. The largest absolute Gasteiger partial charge is 0.496 e. The second-order valence-corrected chi connectivity index (χ2v) is 6.42. The first-order chi connectivity index (χ1) is 13.5. The third-order valence-electron chi connectivity index (χ3n) is 4.19. The number of anilines is 1. The monoisotopic (exact) mass is 380 g/mol. The number of nitrogens with zero attached hydrogens (tertiary/aromatic N) is 4. The van der Waals surface area contributed by atoms with Crippen molar-refractivity contribution in [3.63, 3.8) is 0 Å². The van der Waals surface area contributed by atoms with E-state index in [1.54, 1.807) is 11.8 Å². The number of nitrogens with one attached hydrogen (secondary N) is 2. The number of ether oxygens (including phenoxy) is 1. The Morgan fingerprint density at radius 2 is 2.00 bits per heavy atom. The molecule has 0 aliphatic heterocycles. The Morgan fingerprint density at radius 1 is 1.14 bits per heavy atom. The summed E-state index contributed by atoms with van der Waals surface area (Å²) in [5.74, 6) is 2.16. The van der Waals surface area contributed by atoms with Crippen LogP contribution in [0.5, 0.6) is 5.75 Å². The van der Waals surface area contributed by atoms with Crippen molar-refractivity contribution in [1.82, 2.24) is 25.1 Å². The number of methoxy groups -OCH3 is 1. The predicted octanol–water partition coefficient (Wildman–Crippen LogP) is 2.06. The number of amides is 1. The van der Waals surface area contributed by atoms with Crippen LogP contribution >= 0.6 is 0 Å². The van der Waals surface area contributed by atoms with Gasteiger partial charge in [0.2, 0.25) is 5.91 Å². The Morgan fingerprint density at radius 3 is 2.71 bits per heavy atom. The molecule has 0 atom stereocenters. The van der Waals surface area contributed by atoms with Crippen LogP contribution in [0.25, 0.3) is 5.82 Å². The van der Waals surface area contributed by atoms with Crippen LogP contribution in [0.3, 0.4) is 0 Å². The van der Waals surface area contributed by atoms with Gasteiger partial charge in [0.05, 0.1) is 19.2 Å². The molecule has 0 saturated heterocycles. The summed E-state index contributed by atoms with van der Waals surface area (Å²) in [6.45, 7) is 4.94. The SMILES string of the molecule is COc1ccc(CC(=O)NCCNc2cc(-n3ccc(C)n3)ncn2)cc1C. The first-order valence-corrected chi connectivity index (χ1v) is 9.04. The molecule has 1 amide bonds. The lowest BCUT2D eigenvalue weighted by Crippen LogP contribution is -2.30. The molecular weight excluding hydrogens is 356 g/mol. The van der Waals surface area contributed by atoms with E-state index in [0.29, 0.717) is 31.1 Å². The molecule has 146 valence electrons. The summed E-state index contributed by atoms with van der Waals surface area (Å²) in [4.78, 5) is 20.5. The molecule has 2 heterocycles. The standard InChI is InChI=1S/C20H24N6O2/c1-14-10-16(4-5-17(14)28-3)11-20(27)22-8-7-21-18-12-19(24-13-23-18)26-9-6-15(2)25-26/h4-6,9-10,12-13H,7-8,11H2,1-3H3,(H,22,27)(H,21,23,24). The Bertz CT molecular complexity index is 953. The van der Waals surface area contributed by atoms with Crippen molar-refractivity contribution in [2.75, 3.05) is 25.5 Å². The van der Waals surface area contributed by atoms with E-state index in [9.17, 15) is 4.79 Å². The molecule has 0 saturated carbocycles. The van der Waals surface area contributed by atoms with Gasteiger partial charge < -0.3 is 15.4 Å². The van der Waals surface area contributed by atoms with E-state index in [2.05, 4.69) is 25.7 Å². The second-order valence-electron chi connectivity index (χ2n) is 6.42. The van der Waals surface area contributed by atoms with Gasteiger partial charge in [-0.1, -0.05) is 12.1 Å². The molecular formula is C20H24N6O2. The first kappa shape index (κ1) is 19.3. The molecule has 2 N–H and O–H groups in total. The van der Waals surface area contributed by atoms with Crippen LogP contribution in [-0.4, -0.2) is 45.9 Å². The highest BCUT2D eigenvalue weighted by Gasteiger charge is 2.06. The van der Waals surface area contributed by atoms with Crippen molar-refractivity contribution >= 4 is 11.7 Å². The zero-order chi connectivity index (χ0) is 19.9. The minimum Gasteiger partial charge on any atom is -0.496 e. The van der Waals surface area contributed by atoms with Gasteiger partial charge in [-0.15, -0.1) is 0 Å². The molecule has 0 aliphatic rings. The van der Waals surface area contributed by atoms with Crippen LogP contribution < -0.4 is 15.4 Å². The average Bonchev–Trinajstić information content (AvgIpc) is 3.12. The van der Waals surface area contributed by atoms with Gasteiger partial charge in [0, 0.05) is 25.4 Å². The molecule has 1 aromatic carbocycles. The lowest BCUT2D eigenvalue weighted by Gasteiger charge is -2.09. The zero-order valence-corrected chi connectivity index (χ0v) is 16.3. The van der Waals surface area contributed by atoms with Crippen molar-refractivity contribution in [2.24, 2.45) is 0 Å². The summed E-state index contributed by atoms with van der Waals surface area (Å²) in [5.41, 5.74) is 2.89. The molecule has 0 unspecified atom stereocenters. The molecule has 2 aromatic heterocycles. The van der Waals surface area contributed by atoms with Crippen molar-refractivity contribution in [3.05, 3.63) is 59.7 Å². The van der Waals surface area contributed by atoms with Gasteiger partial charge in [-0.25, -0.2) is 14.6 Å². The number of aryl methyl sites for hydroxylation is 2. The summed E-state index contributed by atoms with van der Waals surface area (Å²) >= 11 is 0. The molecule has 0 aliphatic carbocycles. The highest BCUT2D eigenvalue weighted by molar-refractivity contribution is 5.78. The molecule has 28 heavy (non-hydrogen) atoms. The van der Waals surface area contributed by atoms with E-state index < -0.39 is 0 Å². The van der Waals surface area contributed by atoms with Crippen LogP contribution in [-0.2, 0) is 11.2 Å². The van der Waals surface area contributed by atoms with Crippen molar-refractivity contribution in [2.45, 2.75) is 20.3 Å². The number of hydrogen-bond acceptors (Lipinski definition) is 6. The molecule has 3 rings (SSSR count). The smallest absolute Gasteiger partial charge is 0.224 e. The van der Waals surface area contributed by atoms with Crippen LogP contribution in [0.2, 0.25) is 0 Å². The zero-order valence-electron chi connectivity index (χ0n) is 16.3. The van der Waals surface area contributed by atoms with E-state index in [4.69, 9.17) is 4.74 Å². The Hall–Kier alpha value is -3.42. The fraction of sp³-hybridized carbons (Fsp3) is 0.300. The van der Waals surface area contributed by atoms with Gasteiger partial charge in [0.25, 0.3) is 0 Å². The van der Waals surface area contributed by atoms with Gasteiger partial charge in [-0.2, -0.15) is 5.10 Å². The van der Waals surface area contributed by atoms with Gasteiger partial charge in [-0.05, 0) is 37.1 Å². The van der Waals surface area contributed by atoms with Gasteiger partial charge in [-0.3, -0.25) is 4.79 Å². The summed E-state index contributed by atoms with van der Waals surface area (Å²) in [5, 5.41) is 10.4. The van der Waals surface area contributed by atoms with E-state index in [0.717, 1.165) is 22.6 Å². The van der Waals surface area contributed by atoms with E-state index in [1.807, 2.05) is 50.4 Å². The second kappa shape index (κ2) is 8.98. The van der Waals surface area contributed by atoms with Crippen LogP contribution in [0.1, 0.15) is 16.8 Å². The van der Waals surface area contributed by atoms with Crippen molar-refractivity contribution in [1.29, 1.82) is 0 Å². The normalized spacial score (nSPS) is 10.5. The number of carbonyl (C=O) groups is 1. The van der Waals surface area contributed by atoms with Gasteiger partial charge >= 0.3 is 0 Å². The number of benzene rings is 1. The lowest BCUT2D eigenvalue weighted by atomic mass is 10.1. The van der Waals surface area contributed by atoms with Gasteiger partial charge in [0.1, 0.15) is 17.9 Å². The van der Waals surface area contributed by atoms with E-state index >= 15 is 0 Å². The van der Waals surface area contributed by atoms with Crippen molar-refractivity contribution < 1.29 is 9.53 Å². The maximum atomic E-state index is 12.1. The molecule has 0 fully saturated rings. The average molecular weight is 380 g/mol. The molecule has 0 spiro atoms. The highest BCUT2D eigenvalue weighted by atomic mass is 16.5. The number of carbonyl (C=O) groups excluding carboxylic acids is 1. The molecule has 8 nitrogen and oxygen atoms in total. The van der Waals surface area contributed by atoms with E-state index in [1.165, 1.54) is 6.33 Å². The first-order valence-electron chi connectivity index (χ1n) is 9.04. The Kier molecular flexibility index (Phi) is 6.21. The Balaban J connectivity index is 1.45. The number of aromatic nitrogens is 4. The Labute approximate surface area is 164 Å². The maximum Gasteiger partial charge on any atom is 0.224 e. The van der Waals surface area contributed by atoms with Crippen LogP contribution in [0.4, 0.5) is 5.82 Å². The van der Waals surface area contributed by atoms with Gasteiger partial charge in [0.15, 0.2) is 5.82 Å². The molecule has 0 radical (unpaired) electrons. The fourth-order valence-electron chi connectivity index (χ4n) is 2.80. The topological polar surface area (TPSA) is 94.0 Å². The minimum atomic E-state index is -0.0261. The lowest BCUT2D eigenvalue weighted by molar-refractivity contribution is -0.120.